The molecule has 0 unspecified atom stereocenters. The van der Waals surface area contributed by atoms with Crippen molar-refractivity contribution in [3.8, 4) is 0 Å². The van der Waals surface area contributed by atoms with E-state index in [9.17, 15) is 18.3 Å². The van der Waals surface area contributed by atoms with E-state index in [4.69, 9.17) is 0 Å². The summed E-state index contributed by atoms with van der Waals surface area (Å²) >= 11 is 0. The molecule has 1 aliphatic carbocycles. The number of rotatable bonds is 0. The van der Waals surface area contributed by atoms with Crippen molar-refractivity contribution in [2.24, 2.45) is 0 Å². The van der Waals surface area contributed by atoms with Gasteiger partial charge in [0.05, 0.1) is 0 Å². The van der Waals surface area contributed by atoms with Gasteiger partial charge in [0.1, 0.15) is 0 Å². The van der Waals surface area contributed by atoms with Crippen LogP contribution in [0.25, 0.3) is 0 Å². The van der Waals surface area contributed by atoms with Gasteiger partial charge in [-0.2, -0.15) is 13.2 Å². The zero-order valence-corrected chi connectivity index (χ0v) is 7.30. The van der Waals surface area contributed by atoms with Crippen LogP contribution < -0.4 is 0 Å². The molecule has 0 fully saturated rings. The fraction of sp³-hybridized carbons (Fsp3) is 0.400. The number of hydrogen-bond donors (Lipinski definition) is 1. The summed E-state index contributed by atoms with van der Waals surface area (Å²) < 4.78 is 37.4. The molecule has 1 aromatic rings. The van der Waals surface area contributed by atoms with Gasteiger partial charge >= 0.3 is 6.18 Å². The molecular weight excluding hydrogens is 193 g/mol. The van der Waals surface area contributed by atoms with Gasteiger partial charge < -0.3 is 5.11 Å². The summed E-state index contributed by atoms with van der Waals surface area (Å²) in [5.74, 6) is 0. The molecule has 0 amide bonds. The van der Waals surface area contributed by atoms with Crippen LogP contribution in [-0.2, 0) is 12.8 Å². The predicted octanol–water partition coefficient (Wildman–Crippen LogP) is 2.08. The summed E-state index contributed by atoms with van der Waals surface area (Å²) in [6.07, 6.45) is -5.20. The third-order valence-corrected chi connectivity index (χ3v) is 2.61. The lowest BCUT2D eigenvalue weighted by Crippen LogP contribution is -2.45. The van der Waals surface area contributed by atoms with Crippen molar-refractivity contribution in [2.75, 3.05) is 0 Å². The smallest absolute Gasteiger partial charge is 0.380 e. The molecule has 76 valence electrons. The van der Waals surface area contributed by atoms with Crippen molar-refractivity contribution in [1.29, 1.82) is 0 Å². The second kappa shape index (κ2) is 2.73. The number of aliphatic hydroxyl groups is 1. The van der Waals surface area contributed by atoms with Crippen LogP contribution in [-0.4, -0.2) is 16.9 Å². The number of hydrogen-bond acceptors (Lipinski definition) is 1. The number of halogens is 3. The monoisotopic (exact) mass is 202 g/mol. The Labute approximate surface area is 79.2 Å². The van der Waals surface area contributed by atoms with Crippen molar-refractivity contribution >= 4 is 0 Å². The van der Waals surface area contributed by atoms with Gasteiger partial charge in [0.25, 0.3) is 0 Å². The topological polar surface area (TPSA) is 20.2 Å². The minimum absolute atomic E-state index is 0.327. The van der Waals surface area contributed by atoms with Crippen LogP contribution in [0.3, 0.4) is 0 Å². The summed E-state index contributed by atoms with van der Waals surface area (Å²) in [6.45, 7) is 0. The Balaban J connectivity index is 2.35. The Bertz CT molecular complexity index is 332. The summed E-state index contributed by atoms with van der Waals surface area (Å²) in [5.41, 5.74) is -1.38. The Morgan fingerprint density at radius 3 is 1.86 bits per heavy atom. The third-order valence-electron chi connectivity index (χ3n) is 2.61. The van der Waals surface area contributed by atoms with E-state index in [-0.39, 0.29) is 12.8 Å². The zero-order valence-electron chi connectivity index (χ0n) is 7.30. The highest BCUT2D eigenvalue weighted by atomic mass is 19.4. The molecule has 2 rings (SSSR count). The highest BCUT2D eigenvalue weighted by molar-refractivity contribution is 5.35. The highest BCUT2D eigenvalue weighted by Crippen LogP contribution is 2.41. The van der Waals surface area contributed by atoms with Gasteiger partial charge in [0.2, 0.25) is 0 Å². The summed E-state index contributed by atoms with van der Waals surface area (Å²) in [7, 11) is 0. The van der Waals surface area contributed by atoms with Gasteiger partial charge in [-0.1, -0.05) is 24.3 Å². The van der Waals surface area contributed by atoms with Crippen molar-refractivity contribution in [1.82, 2.24) is 0 Å². The van der Waals surface area contributed by atoms with Gasteiger partial charge in [0, 0.05) is 12.8 Å². The highest BCUT2D eigenvalue weighted by Gasteiger charge is 2.56. The second-order valence-electron chi connectivity index (χ2n) is 3.65. The van der Waals surface area contributed by atoms with E-state index in [0.717, 1.165) is 0 Å². The zero-order chi connectivity index (χ0) is 10.4. The lowest BCUT2D eigenvalue weighted by atomic mass is 10.0. The van der Waals surface area contributed by atoms with Crippen LogP contribution in [0.5, 0.6) is 0 Å². The largest absolute Gasteiger partial charge is 0.417 e. The SMILES string of the molecule is OC1(C(F)(F)F)Cc2ccccc2C1. The molecule has 1 aliphatic rings. The minimum atomic E-state index is -4.55. The fourth-order valence-corrected chi connectivity index (χ4v) is 1.80. The predicted molar refractivity (Wildman–Crippen MR) is 44.9 cm³/mol. The Morgan fingerprint density at radius 1 is 1.07 bits per heavy atom. The molecular formula is C10H9F3O. The maximum atomic E-state index is 12.5. The van der Waals surface area contributed by atoms with Crippen LogP contribution >= 0.6 is 0 Å². The van der Waals surface area contributed by atoms with E-state index in [2.05, 4.69) is 0 Å². The summed E-state index contributed by atoms with van der Waals surface area (Å²) in [6, 6.07) is 6.61. The molecule has 0 aliphatic heterocycles. The molecule has 0 bridgehead atoms. The quantitative estimate of drug-likeness (QED) is 0.682. The Morgan fingerprint density at radius 2 is 1.50 bits per heavy atom. The van der Waals surface area contributed by atoms with Crippen molar-refractivity contribution in [3.63, 3.8) is 0 Å². The van der Waals surface area contributed by atoms with Crippen LogP contribution in [0.2, 0.25) is 0 Å². The summed E-state index contributed by atoms with van der Waals surface area (Å²) in [4.78, 5) is 0. The standard InChI is InChI=1S/C10H9F3O/c11-10(12,13)9(14)5-7-3-1-2-4-8(7)6-9/h1-4,14H,5-6H2. The molecule has 0 heterocycles. The molecule has 0 aromatic heterocycles. The number of alkyl halides is 3. The van der Waals surface area contributed by atoms with Crippen molar-refractivity contribution in [2.45, 2.75) is 24.6 Å². The Hall–Kier alpha value is -1.03. The van der Waals surface area contributed by atoms with Gasteiger partial charge in [-0.05, 0) is 11.1 Å². The fourth-order valence-electron chi connectivity index (χ4n) is 1.80. The third kappa shape index (κ3) is 1.30. The molecule has 0 spiro atoms. The normalized spacial score (nSPS) is 19.4. The second-order valence-corrected chi connectivity index (χ2v) is 3.65. The van der Waals surface area contributed by atoms with Crippen LogP contribution in [0.1, 0.15) is 11.1 Å². The molecule has 0 saturated carbocycles. The first-order valence-electron chi connectivity index (χ1n) is 4.28. The number of fused-ring (bicyclic) bond motifs is 1. The molecule has 14 heavy (non-hydrogen) atoms. The van der Waals surface area contributed by atoms with Gasteiger partial charge in [-0.15, -0.1) is 0 Å². The average molecular weight is 202 g/mol. The van der Waals surface area contributed by atoms with Gasteiger partial charge in [-0.25, -0.2) is 0 Å². The first kappa shape index (κ1) is 9.52. The van der Waals surface area contributed by atoms with Crippen LogP contribution in [0.4, 0.5) is 13.2 Å². The minimum Gasteiger partial charge on any atom is -0.380 e. The molecule has 0 saturated heterocycles. The van der Waals surface area contributed by atoms with E-state index in [1.807, 2.05) is 0 Å². The van der Waals surface area contributed by atoms with Crippen LogP contribution in [0, 0.1) is 0 Å². The van der Waals surface area contributed by atoms with E-state index in [1.54, 1.807) is 24.3 Å². The van der Waals surface area contributed by atoms with Crippen molar-refractivity contribution in [3.05, 3.63) is 35.4 Å². The van der Waals surface area contributed by atoms with E-state index in [1.165, 1.54) is 0 Å². The Kier molecular flexibility index (Phi) is 1.86. The first-order valence-corrected chi connectivity index (χ1v) is 4.28. The molecule has 1 aromatic carbocycles. The van der Waals surface area contributed by atoms with Gasteiger partial charge in [-0.3, -0.25) is 0 Å². The average Bonchev–Trinajstić information content (AvgIpc) is 2.40. The van der Waals surface area contributed by atoms with E-state index in [0.29, 0.717) is 11.1 Å². The maximum Gasteiger partial charge on any atom is 0.417 e. The van der Waals surface area contributed by atoms with Crippen molar-refractivity contribution < 1.29 is 18.3 Å². The number of benzene rings is 1. The lowest BCUT2D eigenvalue weighted by molar-refractivity contribution is -0.255. The molecule has 4 heteroatoms. The molecule has 1 N–H and O–H groups in total. The van der Waals surface area contributed by atoms with Gasteiger partial charge in [0.15, 0.2) is 5.60 Å². The first-order chi connectivity index (χ1) is 6.42. The molecule has 0 atom stereocenters. The van der Waals surface area contributed by atoms with Crippen LogP contribution in [0.15, 0.2) is 24.3 Å². The lowest BCUT2D eigenvalue weighted by Gasteiger charge is -2.25. The molecule has 0 radical (unpaired) electrons. The van der Waals surface area contributed by atoms with E-state index >= 15 is 0 Å². The van der Waals surface area contributed by atoms with E-state index < -0.39 is 11.8 Å². The molecule has 1 nitrogen and oxygen atoms in total. The summed E-state index contributed by atoms with van der Waals surface area (Å²) in [5, 5.41) is 9.42. The maximum absolute atomic E-state index is 12.5.